The maximum Gasteiger partial charge on any atom is 0.325 e. The number of carboxylic acid groups (broad SMARTS) is 1. The van der Waals surface area contributed by atoms with Crippen molar-refractivity contribution in [1.29, 1.82) is 0 Å². The molecule has 0 aromatic heterocycles. The van der Waals surface area contributed by atoms with Crippen molar-refractivity contribution in [2.75, 3.05) is 19.8 Å². The number of hydrogen-bond acceptors (Lipinski definition) is 3. The lowest BCUT2D eigenvalue weighted by molar-refractivity contribution is -0.139. The van der Waals surface area contributed by atoms with Gasteiger partial charge in [0, 0.05) is 13.2 Å². The Morgan fingerprint density at radius 1 is 1.33 bits per heavy atom. The fraction of sp³-hybridized carbons (Fsp3) is 0.500. The van der Waals surface area contributed by atoms with E-state index in [1.165, 1.54) is 0 Å². The molecule has 0 saturated carbocycles. The largest absolute Gasteiger partial charge is 0.480 e. The summed E-state index contributed by atoms with van der Waals surface area (Å²) in [5, 5.41) is 12.2. The molecule has 0 aliphatic heterocycles. The predicted octanol–water partition coefficient (Wildman–Crippen LogP) is 2.07. The summed E-state index contributed by atoms with van der Waals surface area (Å²) >= 11 is 0. The molecule has 0 heterocycles. The van der Waals surface area contributed by atoms with E-state index in [1.54, 1.807) is 12.1 Å². The van der Waals surface area contributed by atoms with Gasteiger partial charge in [-0.1, -0.05) is 44.2 Å². The Hall–Kier alpha value is -1.39. The molecule has 0 spiro atoms. The van der Waals surface area contributed by atoms with Crippen LogP contribution < -0.4 is 5.32 Å². The van der Waals surface area contributed by atoms with E-state index in [0.29, 0.717) is 25.7 Å². The van der Waals surface area contributed by atoms with Gasteiger partial charge in [-0.25, -0.2) is 0 Å². The van der Waals surface area contributed by atoms with Gasteiger partial charge in [-0.15, -0.1) is 0 Å². The van der Waals surface area contributed by atoms with Gasteiger partial charge in [0.1, 0.15) is 6.04 Å². The number of hydrogen-bond donors (Lipinski definition) is 2. The van der Waals surface area contributed by atoms with E-state index >= 15 is 0 Å². The molecule has 4 heteroatoms. The van der Waals surface area contributed by atoms with Crippen molar-refractivity contribution in [3.05, 3.63) is 35.9 Å². The lowest BCUT2D eigenvalue weighted by atomic mass is 10.1. The van der Waals surface area contributed by atoms with Crippen LogP contribution in [-0.4, -0.2) is 30.8 Å². The van der Waals surface area contributed by atoms with Crippen LogP contribution in [0.3, 0.4) is 0 Å². The van der Waals surface area contributed by atoms with Crippen molar-refractivity contribution >= 4 is 5.97 Å². The molecule has 1 aromatic carbocycles. The second kappa shape index (κ2) is 7.84. The Morgan fingerprint density at radius 3 is 2.56 bits per heavy atom. The van der Waals surface area contributed by atoms with Gasteiger partial charge in [-0.05, 0) is 11.5 Å². The van der Waals surface area contributed by atoms with E-state index < -0.39 is 12.0 Å². The third kappa shape index (κ3) is 5.29. The molecule has 0 aliphatic carbocycles. The Bertz CT molecular complexity index is 351. The van der Waals surface area contributed by atoms with Crippen LogP contribution in [0.5, 0.6) is 0 Å². The van der Waals surface area contributed by atoms with Crippen molar-refractivity contribution in [1.82, 2.24) is 5.32 Å². The molecule has 18 heavy (non-hydrogen) atoms. The van der Waals surface area contributed by atoms with Gasteiger partial charge in [-0.2, -0.15) is 0 Å². The summed E-state index contributed by atoms with van der Waals surface area (Å²) in [5.74, 6) is -0.376. The Balaban J connectivity index is 2.38. The maximum atomic E-state index is 11.2. The Morgan fingerprint density at radius 2 is 2.00 bits per heavy atom. The average Bonchev–Trinajstić information content (AvgIpc) is 2.34. The highest BCUT2D eigenvalue weighted by molar-refractivity contribution is 5.75. The summed E-state index contributed by atoms with van der Waals surface area (Å²) in [7, 11) is 0. The molecule has 0 amide bonds. The molecule has 1 atom stereocenters. The number of aliphatic carboxylic acids is 1. The number of rotatable bonds is 8. The normalized spacial score (nSPS) is 12.6. The summed E-state index contributed by atoms with van der Waals surface area (Å²) in [6.45, 7) is 5.91. The first kappa shape index (κ1) is 14.7. The van der Waals surface area contributed by atoms with E-state index in [2.05, 4.69) is 19.2 Å². The summed E-state index contributed by atoms with van der Waals surface area (Å²) in [5.41, 5.74) is 0.758. The number of ether oxygens (including phenoxy) is 1. The third-order valence-corrected chi connectivity index (χ3v) is 2.43. The van der Waals surface area contributed by atoms with Crippen molar-refractivity contribution in [3.63, 3.8) is 0 Å². The Kier molecular flexibility index (Phi) is 6.39. The van der Waals surface area contributed by atoms with Gasteiger partial charge in [-0.3, -0.25) is 10.1 Å². The monoisotopic (exact) mass is 251 g/mol. The first-order valence-corrected chi connectivity index (χ1v) is 6.20. The standard InChI is InChI=1S/C14H21NO3/c1-11(2)10-18-9-8-15-13(14(16)17)12-6-4-3-5-7-12/h3-7,11,13,15H,8-10H2,1-2H3,(H,16,17). The number of benzene rings is 1. The minimum absolute atomic E-state index is 0.495. The van der Waals surface area contributed by atoms with E-state index in [9.17, 15) is 4.79 Å². The molecular formula is C14H21NO3. The van der Waals surface area contributed by atoms with Crippen molar-refractivity contribution in [2.24, 2.45) is 5.92 Å². The van der Waals surface area contributed by atoms with Gasteiger partial charge in [0.2, 0.25) is 0 Å². The molecular weight excluding hydrogens is 230 g/mol. The molecule has 4 nitrogen and oxygen atoms in total. The highest BCUT2D eigenvalue weighted by Crippen LogP contribution is 2.12. The SMILES string of the molecule is CC(C)COCCNC(C(=O)O)c1ccccc1. The fourth-order valence-corrected chi connectivity index (χ4v) is 1.59. The van der Waals surface area contributed by atoms with Crippen LogP contribution in [0.1, 0.15) is 25.5 Å². The molecule has 2 N–H and O–H groups in total. The van der Waals surface area contributed by atoms with Gasteiger partial charge in [0.05, 0.1) is 6.61 Å². The molecule has 1 unspecified atom stereocenters. The van der Waals surface area contributed by atoms with Crippen LogP contribution in [0, 0.1) is 5.92 Å². The summed E-state index contributed by atoms with van der Waals surface area (Å²) in [6, 6.07) is 8.48. The van der Waals surface area contributed by atoms with Crippen LogP contribution in [0.4, 0.5) is 0 Å². The van der Waals surface area contributed by atoms with Gasteiger partial charge in [0.25, 0.3) is 0 Å². The first-order chi connectivity index (χ1) is 8.61. The summed E-state index contributed by atoms with van der Waals surface area (Å²) < 4.78 is 5.41. The molecule has 100 valence electrons. The maximum absolute atomic E-state index is 11.2. The van der Waals surface area contributed by atoms with Gasteiger partial charge >= 0.3 is 5.97 Å². The lowest BCUT2D eigenvalue weighted by Crippen LogP contribution is -2.31. The van der Waals surface area contributed by atoms with Gasteiger partial charge in [0.15, 0.2) is 0 Å². The van der Waals surface area contributed by atoms with Crippen LogP contribution in [-0.2, 0) is 9.53 Å². The van der Waals surface area contributed by atoms with Crippen LogP contribution >= 0.6 is 0 Å². The zero-order valence-corrected chi connectivity index (χ0v) is 10.9. The lowest BCUT2D eigenvalue weighted by Gasteiger charge is -2.15. The zero-order valence-electron chi connectivity index (χ0n) is 10.9. The average molecular weight is 251 g/mol. The molecule has 0 bridgehead atoms. The smallest absolute Gasteiger partial charge is 0.325 e. The highest BCUT2D eigenvalue weighted by atomic mass is 16.5. The number of carboxylic acids is 1. The van der Waals surface area contributed by atoms with Gasteiger partial charge < -0.3 is 9.84 Å². The minimum Gasteiger partial charge on any atom is -0.480 e. The molecule has 1 aromatic rings. The summed E-state index contributed by atoms with van der Waals surface area (Å²) in [6.07, 6.45) is 0. The van der Waals surface area contributed by atoms with Crippen LogP contribution in [0.15, 0.2) is 30.3 Å². The van der Waals surface area contributed by atoms with Crippen molar-refractivity contribution in [3.8, 4) is 0 Å². The van der Waals surface area contributed by atoms with Crippen LogP contribution in [0.25, 0.3) is 0 Å². The van der Waals surface area contributed by atoms with Crippen molar-refractivity contribution < 1.29 is 14.6 Å². The zero-order chi connectivity index (χ0) is 13.4. The highest BCUT2D eigenvalue weighted by Gasteiger charge is 2.18. The van der Waals surface area contributed by atoms with E-state index in [0.717, 1.165) is 5.56 Å². The predicted molar refractivity (Wildman–Crippen MR) is 70.5 cm³/mol. The number of carbonyl (C=O) groups is 1. The second-order valence-electron chi connectivity index (χ2n) is 4.60. The molecule has 0 radical (unpaired) electrons. The van der Waals surface area contributed by atoms with E-state index in [1.807, 2.05) is 18.2 Å². The summed E-state index contributed by atoms with van der Waals surface area (Å²) in [4.78, 5) is 11.2. The second-order valence-corrected chi connectivity index (χ2v) is 4.60. The molecule has 0 aliphatic rings. The minimum atomic E-state index is -0.870. The molecule has 1 rings (SSSR count). The topological polar surface area (TPSA) is 58.6 Å². The molecule has 0 saturated heterocycles. The molecule has 0 fully saturated rings. The Labute approximate surface area is 108 Å². The van der Waals surface area contributed by atoms with Crippen molar-refractivity contribution in [2.45, 2.75) is 19.9 Å². The quantitative estimate of drug-likeness (QED) is 0.694. The van der Waals surface area contributed by atoms with E-state index in [4.69, 9.17) is 9.84 Å². The number of nitrogens with one attached hydrogen (secondary N) is 1. The first-order valence-electron chi connectivity index (χ1n) is 6.20. The van der Waals surface area contributed by atoms with E-state index in [-0.39, 0.29) is 0 Å². The third-order valence-electron chi connectivity index (χ3n) is 2.43. The van der Waals surface area contributed by atoms with Crippen LogP contribution in [0.2, 0.25) is 0 Å². The fourth-order valence-electron chi connectivity index (χ4n) is 1.59.